The average molecular weight is 402 g/mol. The first-order chi connectivity index (χ1) is 13.5. The summed E-state index contributed by atoms with van der Waals surface area (Å²) in [6.45, 7) is 4.29. The first kappa shape index (κ1) is 20.5. The van der Waals surface area contributed by atoms with E-state index in [2.05, 4.69) is 10.2 Å². The second-order valence-electron chi connectivity index (χ2n) is 7.09. The zero-order valence-electron chi connectivity index (χ0n) is 15.6. The van der Waals surface area contributed by atoms with Crippen molar-refractivity contribution in [2.45, 2.75) is 19.4 Å². The molecular weight excluding hydrogens is 378 g/mol. The van der Waals surface area contributed by atoms with Crippen LogP contribution in [0.5, 0.6) is 0 Å². The van der Waals surface area contributed by atoms with Gasteiger partial charge in [0.2, 0.25) is 0 Å². The van der Waals surface area contributed by atoms with E-state index in [9.17, 15) is 14.9 Å². The zero-order chi connectivity index (χ0) is 19.9. The lowest BCUT2D eigenvalue weighted by atomic mass is 9.89. The van der Waals surface area contributed by atoms with Gasteiger partial charge in [-0.15, -0.1) is 0 Å². The summed E-state index contributed by atoms with van der Waals surface area (Å²) < 4.78 is 0. The van der Waals surface area contributed by atoms with E-state index in [-0.39, 0.29) is 17.4 Å². The molecule has 0 bridgehead atoms. The molecule has 0 spiro atoms. The number of nitrogens with zero attached hydrogens (tertiary/aromatic N) is 2. The van der Waals surface area contributed by atoms with Gasteiger partial charge in [-0.2, -0.15) is 0 Å². The molecule has 3 rings (SSSR count). The summed E-state index contributed by atoms with van der Waals surface area (Å²) in [5.41, 5.74) is 1.88. The summed E-state index contributed by atoms with van der Waals surface area (Å²) in [4.78, 5) is 25.2. The highest BCUT2D eigenvalue weighted by atomic mass is 35.5. The number of hydrogen-bond donors (Lipinski definition) is 1. The monoisotopic (exact) mass is 401 g/mol. The third-order valence-corrected chi connectivity index (χ3v) is 5.42. The highest BCUT2D eigenvalue weighted by molar-refractivity contribution is 6.30. The second-order valence-corrected chi connectivity index (χ2v) is 7.52. The van der Waals surface area contributed by atoms with Crippen LogP contribution in [0.15, 0.2) is 48.5 Å². The molecule has 0 aromatic heterocycles. The van der Waals surface area contributed by atoms with Gasteiger partial charge in [-0.05, 0) is 55.8 Å². The lowest BCUT2D eigenvalue weighted by molar-refractivity contribution is -0.384. The minimum atomic E-state index is -0.390. The minimum Gasteiger partial charge on any atom is -0.311 e. The Bertz CT molecular complexity index is 801. The molecule has 1 aliphatic heterocycles. The van der Waals surface area contributed by atoms with Crippen LogP contribution in [0.2, 0.25) is 5.02 Å². The second kappa shape index (κ2) is 9.78. The third kappa shape index (κ3) is 5.61. The molecule has 148 valence electrons. The van der Waals surface area contributed by atoms with E-state index in [4.69, 9.17) is 11.6 Å². The Morgan fingerprint density at radius 3 is 2.36 bits per heavy atom. The summed E-state index contributed by atoms with van der Waals surface area (Å²) >= 11 is 5.89. The minimum absolute atomic E-state index is 0.0884. The van der Waals surface area contributed by atoms with Crippen LogP contribution in [0.3, 0.4) is 0 Å². The molecule has 1 aliphatic rings. The van der Waals surface area contributed by atoms with E-state index in [0.717, 1.165) is 50.1 Å². The van der Waals surface area contributed by atoms with E-state index in [1.54, 1.807) is 36.4 Å². The van der Waals surface area contributed by atoms with Crippen molar-refractivity contribution in [2.24, 2.45) is 5.92 Å². The number of carbonyl (C=O) groups is 1. The number of rotatable bonds is 8. The number of Topliss-reactive ketones (excluding diaryl/α,β-unsaturated/α-hetero) is 1. The van der Waals surface area contributed by atoms with E-state index in [1.165, 1.54) is 12.1 Å². The summed E-state index contributed by atoms with van der Waals surface area (Å²) in [6, 6.07) is 13.7. The number of nitro benzene ring substituents is 1. The van der Waals surface area contributed by atoms with Crippen LogP contribution < -0.4 is 5.32 Å². The normalized spacial score (nSPS) is 15.5. The van der Waals surface area contributed by atoms with Gasteiger partial charge in [0, 0.05) is 48.3 Å². The quantitative estimate of drug-likeness (QED) is 0.314. The van der Waals surface area contributed by atoms with Crippen LogP contribution in [0.1, 0.15) is 28.8 Å². The van der Waals surface area contributed by atoms with Crippen LogP contribution in [-0.2, 0) is 6.54 Å². The van der Waals surface area contributed by atoms with Crippen molar-refractivity contribution >= 4 is 23.1 Å². The summed E-state index contributed by atoms with van der Waals surface area (Å²) in [7, 11) is 0. The first-order valence-electron chi connectivity index (χ1n) is 9.49. The summed E-state index contributed by atoms with van der Waals surface area (Å²) in [6.07, 6.45) is 1.76. The predicted octanol–water partition coefficient (Wildman–Crippen LogP) is 3.93. The Morgan fingerprint density at radius 2 is 1.75 bits per heavy atom. The van der Waals surface area contributed by atoms with Crippen LogP contribution in [0.4, 0.5) is 5.69 Å². The molecule has 2 aromatic carbocycles. The van der Waals surface area contributed by atoms with E-state index < -0.39 is 4.92 Å². The van der Waals surface area contributed by atoms with Crippen LogP contribution >= 0.6 is 11.6 Å². The number of benzene rings is 2. The van der Waals surface area contributed by atoms with Crippen molar-refractivity contribution in [3.05, 3.63) is 74.8 Å². The SMILES string of the molecule is O=C(c1ccc(Cl)cc1)C1CCN(CCNCc2ccc([N+](=O)[O-])cc2)CC1. The number of carbonyl (C=O) groups excluding carboxylic acids is 1. The predicted molar refractivity (Wildman–Crippen MR) is 110 cm³/mol. The van der Waals surface area contributed by atoms with Gasteiger partial charge < -0.3 is 10.2 Å². The van der Waals surface area contributed by atoms with Gasteiger partial charge in [0.15, 0.2) is 5.78 Å². The van der Waals surface area contributed by atoms with E-state index >= 15 is 0 Å². The van der Waals surface area contributed by atoms with Crippen molar-refractivity contribution in [2.75, 3.05) is 26.2 Å². The molecular formula is C21H24ClN3O3. The molecule has 0 aliphatic carbocycles. The number of likely N-dealkylation sites (tertiary alicyclic amines) is 1. The molecule has 7 heteroatoms. The van der Waals surface area contributed by atoms with E-state index in [1.807, 2.05) is 0 Å². The maximum Gasteiger partial charge on any atom is 0.269 e. The van der Waals surface area contributed by atoms with Crippen molar-refractivity contribution < 1.29 is 9.72 Å². The fourth-order valence-corrected chi connectivity index (χ4v) is 3.60. The third-order valence-electron chi connectivity index (χ3n) is 5.17. The van der Waals surface area contributed by atoms with Gasteiger partial charge in [-0.3, -0.25) is 14.9 Å². The van der Waals surface area contributed by atoms with Gasteiger partial charge in [-0.1, -0.05) is 23.7 Å². The van der Waals surface area contributed by atoms with Gasteiger partial charge in [0.25, 0.3) is 5.69 Å². The van der Waals surface area contributed by atoms with Gasteiger partial charge in [0.05, 0.1) is 4.92 Å². The highest BCUT2D eigenvalue weighted by Crippen LogP contribution is 2.22. The molecule has 1 heterocycles. The van der Waals surface area contributed by atoms with Crippen molar-refractivity contribution in [1.82, 2.24) is 10.2 Å². The van der Waals surface area contributed by atoms with Gasteiger partial charge in [0.1, 0.15) is 0 Å². The fourth-order valence-electron chi connectivity index (χ4n) is 3.47. The van der Waals surface area contributed by atoms with E-state index in [0.29, 0.717) is 11.6 Å². The maximum atomic E-state index is 12.6. The Labute approximate surface area is 169 Å². The summed E-state index contributed by atoms with van der Waals surface area (Å²) in [5, 5.41) is 14.7. The van der Waals surface area contributed by atoms with Gasteiger partial charge in [-0.25, -0.2) is 0 Å². The number of nitrogens with one attached hydrogen (secondary N) is 1. The molecule has 0 radical (unpaired) electrons. The Kier molecular flexibility index (Phi) is 7.14. The lowest BCUT2D eigenvalue weighted by Crippen LogP contribution is -2.39. The number of ketones is 1. The largest absolute Gasteiger partial charge is 0.311 e. The van der Waals surface area contributed by atoms with Crippen molar-refractivity contribution in [3.63, 3.8) is 0 Å². The molecule has 6 nitrogen and oxygen atoms in total. The molecule has 2 aromatic rings. The highest BCUT2D eigenvalue weighted by Gasteiger charge is 2.25. The number of halogens is 1. The van der Waals surface area contributed by atoms with Gasteiger partial charge >= 0.3 is 0 Å². The molecule has 1 N–H and O–H groups in total. The number of nitro groups is 1. The van der Waals surface area contributed by atoms with Crippen LogP contribution in [0.25, 0.3) is 0 Å². The number of hydrogen-bond acceptors (Lipinski definition) is 5. The molecule has 0 saturated carbocycles. The average Bonchev–Trinajstić information content (AvgIpc) is 2.72. The molecule has 28 heavy (non-hydrogen) atoms. The topological polar surface area (TPSA) is 75.5 Å². The smallest absolute Gasteiger partial charge is 0.269 e. The maximum absolute atomic E-state index is 12.6. The fraction of sp³-hybridized carbons (Fsp3) is 0.381. The Balaban J connectivity index is 1.36. The molecule has 0 unspecified atom stereocenters. The summed E-state index contributed by atoms with van der Waals surface area (Å²) in [5.74, 6) is 0.304. The zero-order valence-corrected chi connectivity index (χ0v) is 16.4. The lowest BCUT2D eigenvalue weighted by Gasteiger charge is -2.31. The van der Waals surface area contributed by atoms with Crippen molar-refractivity contribution in [1.29, 1.82) is 0 Å². The number of piperidine rings is 1. The molecule has 0 atom stereocenters. The first-order valence-corrected chi connectivity index (χ1v) is 9.87. The van der Waals surface area contributed by atoms with Crippen molar-refractivity contribution in [3.8, 4) is 0 Å². The standard InChI is InChI=1S/C21H24ClN3O3/c22-19-5-3-17(4-6-19)21(26)18-9-12-24(13-10-18)14-11-23-15-16-1-7-20(8-2-16)25(27)28/h1-8,18,23H,9-15H2. The Hall–Kier alpha value is -2.28. The van der Waals surface area contributed by atoms with Crippen LogP contribution in [-0.4, -0.2) is 41.8 Å². The molecule has 0 amide bonds. The number of non-ortho nitro benzene ring substituents is 1. The molecule has 1 fully saturated rings. The molecule has 1 saturated heterocycles. The Morgan fingerprint density at radius 1 is 1.11 bits per heavy atom. The van der Waals surface area contributed by atoms with Crippen LogP contribution in [0, 0.1) is 16.0 Å².